The molecular weight excluding hydrogens is 361 g/mol. The lowest BCUT2D eigenvalue weighted by atomic mass is 10.0. The van der Waals surface area contributed by atoms with Crippen molar-refractivity contribution in [3.63, 3.8) is 0 Å². The summed E-state index contributed by atoms with van der Waals surface area (Å²) in [6.45, 7) is 5.52. The molecule has 0 saturated heterocycles. The third kappa shape index (κ3) is 6.10. The van der Waals surface area contributed by atoms with E-state index in [4.69, 9.17) is 0 Å². The van der Waals surface area contributed by atoms with Crippen LogP contribution < -0.4 is 24.0 Å². The minimum atomic E-state index is -0.387. The molecular formula is C17H30INO. The number of aliphatic hydroxyl groups is 1. The minimum absolute atomic E-state index is 0. The number of benzene rings is 1. The van der Waals surface area contributed by atoms with Crippen LogP contribution in [0.3, 0.4) is 0 Å². The molecule has 1 rings (SSSR count). The van der Waals surface area contributed by atoms with Gasteiger partial charge in [0, 0.05) is 0 Å². The Bertz CT molecular complexity index is 353. The van der Waals surface area contributed by atoms with E-state index in [1.54, 1.807) is 0 Å². The number of likely N-dealkylation sites (N-methyl/N-ethyl adjacent to an activating group) is 1. The highest BCUT2D eigenvalue weighted by atomic mass is 127. The van der Waals surface area contributed by atoms with Crippen molar-refractivity contribution in [2.24, 2.45) is 0 Å². The normalized spacial score (nSPS) is 14.4. The number of nitrogens with zero attached hydrogens (tertiary/aromatic N) is 1. The predicted octanol–water partition coefficient (Wildman–Crippen LogP) is 0.769. The van der Waals surface area contributed by atoms with Crippen molar-refractivity contribution >= 4 is 0 Å². The van der Waals surface area contributed by atoms with Crippen molar-refractivity contribution < 1.29 is 33.6 Å². The van der Waals surface area contributed by atoms with E-state index in [2.05, 4.69) is 27.9 Å². The molecule has 116 valence electrons. The highest BCUT2D eigenvalue weighted by Gasteiger charge is 2.30. The quantitative estimate of drug-likeness (QED) is 0.394. The second-order valence-electron chi connectivity index (χ2n) is 6.16. The van der Waals surface area contributed by atoms with E-state index in [1.165, 1.54) is 25.7 Å². The maximum Gasteiger partial charge on any atom is 0.130 e. The Morgan fingerprint density at radius 2 is 1.65 bits per heavy atom. The summed E-state index contributed by atoms with van der Waals surface area (Å²) in [5.41, 5.74) is 1.02. The minimum Gasteiger partial charge on any atom is -1.00 e. The van der Waals surface area contributed by atoms with Gasteiger partial charge in [0.2, 0.25) is 0 Å². The van der Waals surface area contributed by atoms with E-state index in [9.17, 15) is 5.11 Å². The summed E-state index contributed by atoms with van der Waals surface area (Å²) in [5, 5.41) is 10.5. The molecule has 2 unspecified atom stereocenters. The first-order chi connectivity index (χ1) is 8.99. The Morgan fingerprint density at radius 1 is 1.05 bits per heavy atom. The smallest absolute Gasteiger partial charge is 0.130 e. The zero-order chi connectivity index (χ0) is 14.3. The van der Waals surface area contributed by atoms with Crippen LogP contribution in [-0.2, 0) is 0 Å². The number of quaternary nitrogens is 1. The molecule has 0 aromatic heterocycles. The summed E-state index contributed by atoms with van der Waals surface area (Å²) in [4.78, 5) is 0. The lowest BCUT2D eigenvalue weighted by molar-refractivity contribution is -0.917. The van der Waals surface area contributed by atoms with Gasteiger partial charge in [0.25, 0.3) is 0 Å². The zero-order valence-corrected chi connectivity index (χ0v) is 15.5. The van der Waals surface area contributed by atoms with Crippen LogP contribution in [0.1, 0.15) is 51.2 Å². The number of unbranched alkanes of at least 4 members (excludes halogenated alkanes) is 3. The standard InChI is InChI=1S/C17H30NO.HI/c1-5-6-7-11-14-18(3,4)15(2)17(19)16-12-9-8-10-13-16;/h8-10,12-13,15,17,19H,5-7,11,14H2,1-4H3;1H/q+1;/p-1. The molecule has 20 heavy (non-hydrogen) atoms. The van der Waals surface area contributed by atoms with Crippen LogP contribution in [-0.4, -0.2) is 36.3 Å². The molecule has 0 aliphatic rings. The third-order valence-electron chi connectivity index (χ3n) is 4.29. The third-order valence-corrected chi connectivity index (χ3v) is 4.29. The van der Waals surface area contributed by atoms with Gasteiger partial charge >= 0.3 is 0 Å². The number of aliphatic hydroxyl groups excluding tert-OH is 1. The topological polar surface area (TPSA) is 20.2 Å². The molecule has 2 atom stereocenters. The second kappa shape index (κ2) is 9.74. The van der Waals surface area contributed by atoms with Gasteiger partial charge < -0.3 is 33.6 Å². The van der Waals surface area contributed by atoms with Gasteiger partial charge in [-0.15, -0.1) is 0 Å². The fourth-order valence-electron chi connectivity index (χ4n) is 2.46. The first-order valence-electron chi connectivity index (χ1n) is 7.54. The average Bonchev–Trinajstić information content (AvgIpc) is 2.43. The van der Waals surface area contributed by atoms with Crippen LogP contribution in [0, 0.1) is 0 Å². The maximum absolute atomic E-state index is 10.5. The van der Waals surface area contributed by atoms with Crippen LogP contribution >= 0.6 is 0 Å². The zero-order valence-electron chi connectivity index (χ0n) is 13.3. The Hall–Kier alpha value is -0.130. The van der Waals surface area contributed by atoms with E-state index in [-0.39, 0.29) is 36.1 Å². The highest BCUT2D eigenvalue weighted by Crippen LogP contribution is 2.24. The van der Waals surface area contributed by atoms with Gasteiger partial charge in [-0.3, -0.25) is 0 Å². The maximum atomic E-state index is 10.5. The average molecular weight is 391 g/mol. The molecule has 0 radical (unpaired) electrons. The molecule has 1 N–H and O–H groups in total. The largest absolute Gasteiger partial charge is 1.00 e. The van der Waals surface area contributed by atoms with E-state index >= 15 is 0 Å². The lowest BCUT2D eigenvalue weighted by Crippen LogP contribution is -3.00. The van der Waals surface area contributed by atoms with Crippen LogP contribution in [0.2, 0.25) is 0 Å². The molecule has 0 fully saturated rings. The number of hydrogen-bond acceptors (Lipinski definition) is 1. The van der Waals surface area contributed by atoms with Gasteiger partial charge in [-0.1, -0.05) is 50.1 Å². The summed E-state index contributed by atoms with van der Waals surface area (Å²) < 4.78 is 0.875. The van der Waals surface area contributed by atoms with E-state index in [1.807, 2.05) is 30.3 Å². The molecule has 0 amide bonds. The van der Waals surface area contributed by atoms with Gasteiger partial charge in [-0.2, -0.15) is 0 Å². The number of hydrogen-bond donors (Lipinski definition) is 1. The summed E-state index contributed by atoms with van der Waals surface area (Å²) in [5.74, 6) is 0. The molecule has 3 heteroatoms. The highest BCUT2D eigenvalue weighted by molar-refractivity contribution is 5.18. The summed E-state index contributed by atoms with van der Waals surface area (Å²) in [7, 11) is 4.45. The van der Waals surface area contributed by atoms with Crippen molar-refractivity contribution in [3.05, 3.63) is 35.9 Å². The lowest BCUT2D eigenvalue weighted by Gasteiger charge is -2.38. The van der Waals surface area contributed by atoms with E-state index in [0.29, 0.717) is 0 Å². The van der Waals surface area contributed by atoms with Gasteiger partial charge in [-0.25, -0.2) is 0 Å². The Morgan fingerprint density at radius 3 is 2.20 bits per heavy atom. The Kier molecular flexibility index (Phi) is 9.68. The van der Waals surface area contributed by atoms with Crippen molar-refractivity contribution in [2.75, 3.05) is 20.6 Å². The van der Waals surface area contributed by atoms with E-state index < -0.39 is 0 Å². The van der Waals surface area contributed by atoms with Crippen LogP contribution in [0.25, 0.3) is 0 Å². The van der Waals surface area contributed by atoms with E-state index in [0.717, 1.165) is 16.6 Å². The fourth-order valence-corrected chi connectivity index (χ4v) is 2.46. The molecule has 2 nitrogen and oxygen atoms in total. The van der Waals surface area contributed by atoms with Gasteiger partial charge in [0.1, 0.15) is 12.1 Å². The molecule has 0 heterocycles. The summed E-state index contributed by atoms with van der Waals surface area (Å²) >= 11 is 0. The van der Waals surface area contributed by atoms with Crippen molar-refractivity contribution in [1.82, 2.24) is 0 Å². The summed E-state index contributed by atoms with van der Waals surface area (Å²) in [6, 6.07) is 10.2. The second-order valence-corrected chi connectivity index (χ2v) is 6.16. The molecule has 0 aliphatic carbocycles. The number of halogens is 1. The molecule has 1 aromatic carbocycles. The fraction of sp³-hybridized carbons (Fsp3) is 0.647. The SMILES string of the molecule is CCCCCC[N+](C)(C)C(C)C(O)c1ccccc1.[I-]. The molecule has 0 saturated carbocycles. The van der Waals surface area contributed by atoms with Crippen molar-refractivity contribution in [2.45, 2.75) is 51.7 Å². The first kappa shape index (κ1) is 19.9. The van der Waals surface area contributed by atoms with Crippen LogP contribution in [0.4, 0.5) is 0 Å². The first-order valence-corrected chi connectivity index (χ1v) is 7.54. The molecule has 0 spiro atoms. The van der Waals surface area contributed by atoms with Gasteiger partial charge in [0.05, 0.1) is 20.6 Å². The van der Waals surface area contributed by atoms with Crippen molar-refractivity contribution in [1.29, 1.82) is 0 Å². The molecule has 0 aliphatic heterocycles. The van der Waals surface area contributed by atoms with Crippen LogP contribution in [0.5, 0.6) is 0 Å². The van der Waals surface area contributed by atoms with Gasteiger partial charge in [-0.05, 0) is 25.3 Å². The summed E-state index contributed by atoms with van der Waals surface area (Å²) in [6.07, 6.45) is 4.74. The molecule has 1 aromatic rings. The molecule has 0 bridgehead atoms. The predicted molar refractivity (Wildman–Crippen MR) is 82.0 cm³/mol. The Labute approximate surface area is 141 Å². The van der Waals surface area contributed by atoms with Gasteiger partial charge in [0.15, 0.2) is 0 Å². The number of rotatable bonds is 8. The monoisotopic (exact) mass is 391 g/mol. The van der Waals surface area contributed by atoms with Crippen LogP contribution in [0.15, 0.2) is 30.3 Å². The Balaban J connectivity index is 0.00000361. The van der Waals surface area contributed by atoms with Crippen molar-refractivity contribution in [3.8, 4) is 0 Å².